The van der Waals surface area contributed by atoms with Gasteiger partial charge in [-0.1, -0.05) is 0 Å². The zero-order valence-electron chi connectivity index (χ0n) is 7.74. The molecule has 4 nitrogen and oxygen atoms in total. The molecule has 0 radical (unpaired) electrons. The van der Waals surface area contributed by atoms with Crippen LogP contribution in [0.15, 0.2) is 6.20 Å². The first-order chi connectivity index (χ1) is 6.13. The third-order valence-electron chi connectivity index (χ3n) is 1.73. The van der Waals surface area contributed by atoms with Crippen molar-refractivity contribution in [2.45, 2.75) is 13.5 Å². The highest BCUT2D eigenvalue weighted by atomic mass is 32.1. The van der Waals surface area contributed by atoms with Crippen LogP contribution >= 0.6 is 12.6 Å². The maximum absolute atomic E-state index is 10.9. The van der Waals surface area contributed by atoms with E-state index in [0.29, 0.717) is 6.54 Å². The third kappa shape index (κ3) is 2.77. The van der Waals surface area contributed by atoms with Gasteiger partial charge in [-0.25, -0.2) is 0 Å². The van der Waals surface area contributed by atoms with Crippen molar-refractivity contribution in [3.63, 3.8) is 0 Å². The fourth-order valence-electron chi connectivity index (χ4n) is 1.07. The van der Waals surface area contributed by atoms with E-state index in [9.17, 15) is 4.79 Å². The normalized spacial score (nSPS) is 10.1. The molecule has 0 unspecified atom stereocenters. The number of aromatic nitrogens is 2. The summed E-state index contributed by atoms with van der Waals surface area (Å²) in [5.74, 6) is 0.158. The van der Waals surface area contributed by atoms with Gasteiger partial charge in [0, 0.05) is 25.4 Å². The number of hydrogen-bond donors (Lipinski definition) is 2. The molecule has 0 saturated heterocycles. The Bertz CT molecular complexity index is 308. The first kappa shape index (κ1) is 10.1. The van der Waals surface area contributed by atoms with Crippen LogP contribution in [0, 0.1) is 6.92 Å². The molecule has 1 N–H and O–H groups in total. The van der Waals surface area contributed by atoms with E-state index in [1.54, 1.807) is 4.68 Å². The second-order valence-corrected chi connectivity index (χ2v) is 3.16. The van der Waals surface area contributed by atoms with Crippen molar-refractivity contribution < 1.29 is 4.79 Å². The predicted octanol–water partition coefficient (Wildman–Crippen LogP) is 0.275. The average Bonchev–Trinajstić information content (AvgIpc) is 2.41. The fraction of sp³-hybridized carbons (Fsp3) is 0.500. The van der Waals surface area contributed by atoms with Gasteiger partial charge < -0.3 is 5.32 Å². The predicted molar refractivity (Wildman–Crippen MR) is 53.6 cm³/mol. The van der Waals surface area contributed by atoms with Crippen molar-refractivity contribution in [1.82, 2.24) is 15.1 Å². The van der Waals surface area contributed by atoms with Crippen LogP contribution in [0.3, 0.4) is 0 Å². The van der Waals surface area contributed by atoms with Crippen LogP contribution in [0.1, 0.15) is 11.3 Å². The van der Waals surface area contributed by atoms with E-state index in [1.807, 2.05) is 20.2 Å². The first-order valence-electron chi connectivity index (χ1n) is 4.00. The summed E-state index contributed by atoms with van der Waals surface area (Å²) in [5, 5.41) is 6.90. The lowest BCUT2D eigenvalue weighted by molar-refractivity contribution is -0.118. The number of amides is 1. The Morgan fingerprint density at radius 3 is 2.92 bits per heavy atom. The summed E-state index contributed by atoms with van der Waals surface area (Å²) in [6.07, 6.45) is 1.90. The van der Waals surface area contributed by atoms with Crippen molar-refractivity contribution in [2.75, 3.05) is 5.75 Å². The van der Waals surface area contributed by atoms with Gasteiger partial charge in [0.2, 0.25) is 5.91 Å². The quantitative estimate of drug-likeness (QED) is 0.687. The number of aryl methyl sites for hydroxylation is 2. The maximum Gasteiger partial charge on any atom is 0.229 e. The van der Waals surface area contributed by atoms with Gasteiger partial charge in [0.15, 0.2) is 0 Å². The highest BCUT2D eigenvalue weighted by molar-refractivity contribution is 7.81. The van der Waals surface area contributed by atoms with E-state index in [0.717, 1.165) is 11.3 Å². The van der Waals surface area contributed by atoms with E-state index in [2.05, 4.69) is 23.0 Å². The van der Waals surface area contributed by atoms with Gasteiger partial charge in [0.25, 0.3) is 0 Å². The molecule has 1 aromatic rings. The lowest BCUT2D eigenvalue weighted by Crippen LogP contribution is -2.23. The lowest BCUT2D eigenvalue weighted by Gasteiger charge is -2.00. The van der Waals surface area contributed by atoms with Gasteiger partial charge in [-0.3, -0.25) is 9.48 Å². The van der Waals surface area contributed by atoms with Crippen molar-refractivity contribution in [3.8, 4) is 0 Å². The van der Waals surface area contributed by atoms with Crippen LogP contribution in [0.5, 0.6) is 0 Å². The minimum Gasteiger partial charge on any atom is -0.351 e. The summed E-state index contributed by atoms with van der Waals surface area (Å²) in [5.41, 5.74) is 1.99. The Labute approximate surface area is 82.7 Å². The number of hydrogen-bond acceptors (Lipinski definition) is 3. The second kappa shape index (κ2) is 4.32. The Kier molecular flexibility index (Phi) is 3.36. The summed E-state index contributed by atoms with van der Waals surface area (Å²) in [6, 6.07) is 0. The van der Waals surface area contributed by atoms with E-state index in [1.165, 1.54) is 0 Å². The molecule has 1 rings (SSSR count). The molecular formula is C8H13N3OS. The standard InChI is InChI=1S/C8H13N3OS/c1-6-7(4-11(2)10-6)3-9-8(12)5-13/h4,13H,3,5H2,1-2H3,(H,9,12). The highest BCUT2D eigenvalue weighted by Gasteiger charge is 2.03. The SMILES string of the molecule is Cc1nn(C)cc1CNC(=O)CS. The van der Waals surface area contributed by atoms with Crippen LogP contribution in [0.2, 0.25) is 0 Å². The van der Waals surface area contributed by atoms with E-state index in [4.69, 9.17) is 0 Å². The van der Waals surface area contributed by atoms with Crippen LogP contribution in [0.25, 0.3) is 0 Å². The number of carbonyl (C=O) groups is 1. The Balaban J connectivity index is 2.54. The minimum atomic E-state index is -0.0633. The topological polar surface area (TPSA) is 46.9 Å². The molecule has 0 bridgehead atoms. The van der Waals surface area contributed by atoms with Crippen molar-refractivity contribution in [1.29, 1.82) is 0 Å². The van der Waals surface area contributed by atoms with E-state index in [-0.39, 0.29) is 11.7 Å². The number of rotatable bonds is 3. The zero-order valence-corrected chi connectivity index (χ0v) is 8.64. The number of carbonyl (C=O) groups excluding carboxylic acids is 1. The highest BCUT2D eigenvalue weighted by Crippen LogP contribution is 2.03. The molecule has 5 heteroatoms. The van der Waals surface area contributed by atoms with Crippen LogP contribution < -0.4 is 5.32 Å². The molecule has 0 fully saturated rings. The zero-order chi connectivity index (χ0) is 9.84. The lowest BCUT2D eigenvalue weighted by atomic mass is 10.2. The van der Waals surface area contributed by atoms with Crippen LogP contribution in [-0.2, 0) is 18.4 Å². The van der Waals surface area contributed by atoms with Gasteiger partial charge in [-0.05, 0) is 6.92 Å². The minimum absolute atomic E-state index is 0.0633. The summed E-state index contributed by atoms with van der Waals surface area (Å²) in [6.45, 7) is 2.45. The van der Waals surface area contributed by atoms with Crippen molar-refractivity contribution in [2.24, 2.45) is 7.05 Å². The third-order valence-corrected chi connectivity index (χ3v) is 2.02. The number of thiol groups is 1. The molecule has 1 heterocycles. The van der Waals surface area contributed by atoms with Gasteiger partial charge >= 0.3 is 0 Å². The summed E-state index contributed by atoms with van der Waals surface area (Å²) >= 11 is 3.86. The molecule has 13 heavy (non-hydrogen) atoms. The Morgan fingerprint density at radius 2 is 2.46 bits per heavy atom. The summed E-state index contributed by atoms with van der Waals surface area (Å²) in [4.78, 5) is 10.9. The molecule has 0 saturated carbocycles. The molecule has 1 aromatic heterocycles. The van der Waals surface area contributed by atoms with Crippen molar-refractivity contribution >= 4 is 18.5 Å². The van der Waals surface area contributed by atoms with E-state index >= 15 is 0 Å². The molecule has 0 aliphatic rings. The molecule has 72 valence electrons. The molecule has 0 aromatic carbocycles. The monoisotopic (exact) mass is 199 g/mol. The van der Waals surface area contributed by atoms with Gasteiger partial charge in [0.05, 0.1) is 11.4 Å². The molecular weight excluding hydrogens is 186 g/mol. The average molecular weight is 199 g/mol. The summed E-state index contributed by atoms with van der Waals surface area (Å²) in [7, 11) is 1.86. The molecule has 0 atom stereocenters. The number of nitrogens with zero attached hydrogens (tertiary/aromatic N) is 2. The van der Waals surface area contributed by atoms with Gasteiger partial charge in [-0.2, -0.15) is 17.7 Å². The Hall–Kier alpha value is -0.970. The van der Waals surface area contributed by atoms with Gasteiger partial charge in [-0.15, -0.1) is 0 Å². The van der Waals surface area contributed by atoms with Crippen LogP contribution in [-0.4, -0.2) is 21.4 Å². The second-order valence-electron chi connectivity index (χ2n) is 2.85. The molecule has 0 spiro atoms. The largest absolute Gasteiger partial charge is 0.351 e. The Morgan fingerprint density at radius 1 is 1.77 bits per heavy atom. The van der Waals surface area contributed by atoms with E-state index < -0.39 is 0 Å². The molecule has 1 amide bonds. The van der Waals surface area contributed by atoms with Crippen molar-refractivity contribution in [3.05, 3.63) is 17.5 Å². The molecule has 0 aliphatic heterocycles. The van der Waals surface area contributed by atoms with Crippen LogP contribution in [0.4, 0.5) is 0 Å². The smallest absolute Gasteiger partial charge is 0.229 e. The summed E-state index contributed by atoms with van der Waals surface area (Å²) < 4.78 is 1.73. The number of nitrogens with one attached hydrogen (secondary N) is 1. The molecule has 0 aliphatic carbocycles. The fourth-order valence-corrected chi connectivity index (χ4v) is 1.18. The first-order valence-corrected chi connectivity index (χ1v) is 4.63. The van der Waals surface area contributed by atoms with Gasteiger partial charge in [0.1, 0.15) is 0 Å². The maximum atomic E-state index is 10.9.